The molecule has 0 aliphatic carbocycles. The van der Waals surface area contributed by atoms with Gasteiger partial charge in [-0.1, -0.05) is 84.0 Å². The number of carbonyl (C=O) groups excluding carboxylic acids is 1. The molecule has 0 aliphatic heterocycles. The summed E-state index contributed by atoms with van der Waals surface area (Å²) >= 11 is 1.11. The first-order chi connectivity index (χ1) is 14.9. The van der Waals surface area contributed by atoms with Gasteiger partial charge >= 0.3 is 5.97 Å². The molecule has 0 aromatic heterocycles. The summed E-state index contributed by atoms with van der Waals surface area (Å²) in [7, 11) is 0. The predicted molar refractivity (Wildman–Crippen MR) is 126 cm³/mol. The van der Waals surface area contributed by atoms with Crippen LogP contribution >= 0.6 is 11.8 Å². The molecule has 0 rings (SSSR count). The number of carbonyl (C=O) groups is 2. The van der Waals surface area contributed by atoms with Crippen molar-refractivity contribution < 1.29 is 30.0 Å². The number of aliphatic hydroxyl groups is 3. The van der Waals surface area contributed by atoms with Crippen molar-refractivity contribution in [2.45, 2.75) is 115 Å². The molecule has 0 aliphatic rings. The fraction of sp³-hybridized carbons (Fsp3) is 0.913. The molecule has 31 heavy (non-hydrogen) atoms. The Morgan fingerprint density at radius 1 is 0.774 bits per heavy atom. The van der Waals surface area contributed by atoms with E-state index in [0.717, 1.165) is 31.0 Å². The summed E-state index contributed by atoms with van der Waals surface area (Å²) in [5, 5.41) is 39.4. The van der Waals surface area contributed by atoms with Gasteiger partial charge < -0.3 is 25.7 Å². The minimum Gasteiger partial charge on any atom is -0.480 e. The van der Waals surface area contributed by atoms with Crippen molar-refractivity contribution in [1.29, 1.82) is 0 Å². The monoisotopic (exact) mass is 463 g/mol. The number of rotatable bonds is 22. The molecule has 7 nitrogen and oxygen atoms in total. The van der Waals surface area contributed by atoms with Crippen molar-refractivity contribution in [3.8, 4) is 0 Å². The lowest BCUT2D eigenvalue weighted by atomic mass is 10.0. The zero-order chi connectivity index (χ0) is 23.3. The van der Waals surface area contributed by atoms with Gasteiger partial charge in [0.1, 0.15) is 12.1 Å². The van der Waals surface area contributed by atoms with Crippen molar-refractivity contribution in [2.24, 2.45) is 0 Å². The molecule has 0 bridgehead atoms. The number of carboxylic acids is 1. The minimum atomic E-state index is -1.25. The smallest absolute Gasteiger partial charge is 0.327 e. The van der Waals surface area contributed by atoms with E-state index in [0.29, 0.717) is 6.42 Å². The van der Waals surface area contributed by atoms with Crippen LogP contribution in [0.2, 0.25) is 0 Å². The van der Waals surface area contributed by atoms with Crippen molar-refractivity contribution in [2.75, 3.05) is 18.1 Å². The van der Waals surface area contributed by atoms with Gasteiger partial charge in [0.2, 0.25) is 5.91 Å². The van der Waals surface area contributed by atoms with Crippen LogP contribution in [0.1, 0.15) is 96.8 Å². The zero-order valence-electron chi connectivity index (χ0n) is 19.3. The van der Waals surface area contributed by atoms with Crippen LogP contribution in [0, 0.1) is 0 Å². The van der Waals surface area contributed by atoms with E-state index in [1.54, 1.807) is 0 Å². The van der Waals surface area contributed by atoms with Gasteiger partial charge in [-0.2, -0.15) is 11.8 Å². The van der Waals surface area contributed by atoms with Gasteiger partial charge in [0, 0.05) is 17.9 Å². The summed E-state index contributed by atoms with van der Waals surface area (Å²) in [6, 6.07) is -1.03. The van der Waals surface area contributed by atoms with E-state index >= 15 is 0 Å². The average molecular weight is 464 g/mol. The average Bonchev–Trinajstić information content (AvgIpc) is 2.75. The molecule has 8 heteroatoms. The molecule has 5 N–H and O–H groups in total. The van der Waals surface area contributed by atoms with E-state index in [-0.39, 0.29) is 17.4 Å². The topological polar surface area (TPSA) is 127 Å². The normalized spacial score (nSPS) is 14.2. The van der Waals surface area contributed by atoms with Gasteiger partial charge in [-0.25, -0.2) is 4.79 Å². The fourth-order valence-electron chi connectivity index (χ4n) is 3.28. The molecule has 3 atom stereocenters. The number of carboxylic acid groups (broad SMARTS) is 1. The van der Waals surface area contributed by atoms with E-state index in [1.807, 2.05) is 0 Å². The number of unbranched alkanes of at least 4 members (excludes halogenated alkanes) is 12. The molecule has 0 aromatic carbocycles. The zero-order valence-corrected chi connectivity index (χ0v) is 20.1. The number of aliphatic carboxylic acids is 1. The van der Waals surface area contributed by atoms with Crippen LogP contribution in [0.4, 0.5) is 0 Å². The molecular weight excluding hydrogens is 418 g/mol. The number of thioether (sulfide) groups is 1. The van der Waals surface area contributed by atoms with Crippen LogP contribution in [0.15, 0.2) is 0 Å². The summed E-state index contributed by atoms with van der Waals surface area (Å²) < 4.78 is 0. The molecule has 0 fully saturated rings. The third-order valence-corrected chi connectivity index (χ3v) is 6.49. The van der Waals surface area contributed by atoms with E-state index in [2.05, 4.69) is 12.2 Å². The largest absolute Gasteiger partial charge is 0.480 e. The first kappa shape index (κ1) is 30.2. The lowest BCUT2D eigenvalue weighted by Crippen LogP contribution is -2.43. The highest BCUT2D eigenvalue weighted by Gasteiger charge is 2.21. The van der Waals surface area contributed by atoms with Gasteiger partial charge in [0.15, 0.2) is 0 Å². The lowest BCUT2D eigenvalue weighted by Gasteiger charge is -2.17. The quantitative estimate of drug-likeness (QED) is 0.156. The van der Waals surface area contributed by atoms with Crippen LogP contribution in [-0.2, 0) is 9.59 Å². The Morgan fingerprint density at radius 2 is 1.26 bits per heavy atom. The third kappa shape index (κ3) is 18.4. The highest BCUT2D eigenvalue weighted by atomic mass is 32.2. The minimum absolute atomic E-state index is 0.0836. The second-order valence-corrected chi connectivity index (χ2v) is 9.38. The van der Waals surface area contributed by atoms with Crippen molar-refractivity contribution in [1.82, 2.24) is 5.32 Å². The SMILES string of the molecule is CCCCCCCCCCCCCCCC(=O)N[C@@H](CSC[C@@H](O)[C@H](O)CO)C(=O)O. The summed E-state index contributed by atoms with van der Waals surface area (Å²) in [6.45, 7) is 1.68. The molecule has 0 saturated carbocycles. The highest BCUT2D eigenvalue weighted by molar-refractivity contribution is 7.99. The van der Waals surface area contributed by atoms with Crippen molar-refractivity contribution >= 4 is 23.6 Å². The second-order valence-electron chi connectivity index (χ2n) is 8.31. The van der Waals surface area contributed by atoms with Crippen molar-refractivity contribution in [3.63, 3.8) is 0 Å². The molecule has 0 radical (unpaired) electrons. The molecule has 184 valence electrons. The van der Waals surface area contributed by atoms with Gasteiger partial charge in [-0.15, -0.1) is 0 Å². The van der Waals surface area contributed by atoms with Crippen LogP contribution < -0.4 is 5.32 Å². The Hall–Kier alpha value is -0.830. The highest BCUT2D eigenvalue weighted by Crippen LogP contribution is 2.13. The molecule has 1 amide bonds. The predicted octanol–water partition coefficient (Wildman–Crippen LogP) is 3.48. The Bertz CT molecular complexity index is 452. The molecule has 0 spiro atoms. The summed E-state index contributed by atoms with van der Waals surface area (Å²) in [4.78, 5) is 23.3. The molecule has 0 heterocycles. The Balaban J connectivity index is 3.69. The third-order valence-electron chi connectivity index (χ3n) is 5.35. The summed E-state index contributed by atoms with van der Waals surface area (Å²) in [5.41, 5.74) is 0. The maximum atomic E-state index is 12.0. The number of nitrogens with one attached hydrogen (secondary N) is 1. The Morgan fingerprint density at radius 3 is 1.71 bits per heavy atom. The number of aliphatic hydroxyl groups excluding tert-OH is 3. The first-order valence-electron chi connectivity index (χ1n) is 12.0. The van der Waals surface area contributed by atoms with Gasteiger partial charge in [-0.3, -0.25) is 4.79 Å². The van der Waals surface area contributed by atoms with Gasteiger partial charge in [0.25, 0.3) is 0 Å². The fourth-order valence-corrected chi connectivity index (χ4v) is 4.35. The summed E-state index contributed by atoms with van der Waals surface area (Å²) in [5.74, 6) is -1.22. The number of hydrogen-bond donors (Lipinski definition) is 5. The van der Waals surface area contributed by atoms with Crippen LogP contribution in [-0.4, -0.2) is 68.7 Å². The maximum Gasteiger partial charge on any atom is 0.327 e. The molecule has 0 saturated heterocycles. The van der Waals surface area contributed by atoms with Gasteiger partial charge in [-0.05, 0) is 6.42 Å². The number of amides is 1. The molecule has 0 aromatic rings. The second kappa shape index (κ2) is 21.0. The van der Waals surface area contributed by atoms with E-state index < -0.39 is 30.8 Å². The molecule has 0 unspecified atom stereocenters. The maximum absolute atomic E-state index is 12.0. The molecular formula is C23H45NO6S. The van der Waals surface area contributed by atoms with Crippen LogP contribution in [0.25, 0.3) is 0 Å². The summed E-state index contributed by atoms with van der Waals surface area (Å²) in [6.07, 6.45) is 13.9. The van der Waals surface area contributed by atoms with Gasteiger partial charge in [0.05, 0.1) is 12.7 Å². The van der Waals surface area contributed by atoms with Crippen molar-refractivity contribution in [3.05, 3.63) is 0 Å². The van der Waals surface area contributed by atoms with E-state index in [4.69, 9.17) is 5.11 Å². The van der Waals surface area contributed by atoms with E-state index in [9.17, 15) is 24.9 Å². The lowest BCUT2D eigenvalue weighted by molar-refractivity contribution is -0.141. The Labute approximate surface area is 192 Å². The first-order valence-corrected chi connectivity index (χ1v) is 13.1. The van der Waals surface area contributed by atoms with E-state index in [1.165, 1.54) is 64.2 Å². The Kier molecular flexibility index (Phi) is 20.5. The standard InChI is InChI=1S/C23H45NO6S/c1-2-3-4-5-6-7-8-9-10-11-12-13-14-15-22(28)24-19(23(29)30)17-31-18-21(27)20(26)16-25/h19-21,25-27H,2-18H2,1H3,(H,24,28)(H,29,30)/t19-,20+,21+/m0/s1. The van der Waals surface area contributed by atoms with Crippen LogP contribution in [0.3, 0.4) is 0 Å². The van der Waals surface area contributed by atoms with Crippen LogP contribution in [0.5, 0.6) is 0 Å². The number of hydrogen-bond acceptors (Lipinski definition) is 6.